The van der Waals surface area contributed by atoms with Crippen LogP contribution in [0, 0.1) is 6.92 Å². The monoisotopic (exact) mass is 193 g/mol. The van der Waals surface area contributed by atoms with Gasteiger partial charge in [0.25, 0.3) is 0 Å². The van der Waals surface area contributed by atoms with Crippen LogP contribution in [0.1, 0.15) is 11.1 Å². The van der Waals surface area contributed by atoms with Crippen molar-refractivity contribution >= 4 is 11.7 Å². The molecule has 1 rings (SSSR count). The topological polar surface area (TPSA) is 67.2 Å². The molecule has 0 radical (unpaired) electrons. The molecule has 0 atom stereocenters. The quantitative estimate of drug-likeness (QED) is 0.675. The molecule has 4 nitrogen and oxygen atoms in total. The van der Waals surface area contributed by atoms with E-state index in [1.54, 1.807) is 0 Å². The molecule has 1 aromatic rings. The van der Waals surface area contributed by atoms with E-state index in [1.807, 2.05) is 32.2 Å². The highest BCUT2D eigenvalue weighted by atomic mass is 16.2. The summed E-state index contributed by atoms with van der Waals surface area (Å²) >= 11 is 0. The molecular weight excluding hydrogens is 178 g/mol. The molecule has 2 amide bonds. The van der Waals surface area contributed by atoms with Gasteiger partial charge in [0, 0.05) is 19.3 Å². The van der Waals surface area contributed by atoms with Gasteiger partial charge in [-0.25, -0.2) is 4.79 Å². The Morgan fingerprint density at radius 2 is 2.14 bits per heavy atom. The first-order valence-corrected chi connectivity index (χ1v) is 4.43. The van der Waals surface area contributed by atoms with E-state index < -0.39 is 6.03 Å². The number of primary amides is 1. The fraction of sp³-hybridized carbons (Fsp3) is 0.300. The zero-order chi connectivity index (χ0) is 10.6. The van der Waals surface area contributed by atoms with Crippen molar-refractivity contribution in [3.8, 4) is 0 Å². The number of anilines is 1. The van der Waals surface area contributed by atoms with Gasteiger partial charge in [-0.05, 0) is 30.2 Å². The van der Waals surface area contributed by atoms with Crippen LogP contribution >= 0.6 is 0 Å². The smallest absolute Gasteiger partial charge is 0.312 e. The summed E-state index contributed by atoms with van der Waals surface area (Å²) in [5.41, 5.74) is 8.20. The number of benzene rings is 1. The summed E-state index contributed by atoms with van der Waals surface area (Å²) in [6, 6.07) is 5.52. The largest absolute Gasteiger partial charge is 0.388 e. The van der Waals surface area contributed by atoms with Gasteiger partial charge in [-0.1, -0.05) is 6.07 Å². The number of urea groups is 1. The van der Waals surface area contributed by atoms with Crippen LogP contribution in [0.25, 0.3) is 0 Å². The number of aryl methyl sites for hydroxylation is 1. The SMILES string of the molecule is CNc1cc(C)cc(CNC(N)=O)c1. The maximum absolute atomic E-state index is 10.5. The lowest BCUT2D eigenvalue weighted by Gasteiger charge is -2.07. The van der Waals surface area contributed by atoms with Crippen LogP contribution in [0.3, 0.4) is 0 Å². The van der Waals surface area contributed by atoms with Crippen molar-refractivity contribution in [2.75, 3.05) is 12.4 Å². The summed E-state index contributed by atoms with van der Waals surface area (Å²) in [4.78, 5) is 10.5. The maximum Gasteiger partial charge on any atom is 0.312 e. The van der Waals surface area contributed by atoms with E-state index in [4.69, 9.17) is 5.73 Å². The van der Waals surface area contributed by atoms with Gasteiger partial charge in [0.2, 0.25) is 0 Å². The number of amides is 2. The third kappa shape index (κ3) is 2.97. The van der Waals surface area contributed by atoms with E-state index in [9.17, 15) is 4.79 Å². The van der Waals surface area contributed by atoms with Crippen LogP contribution in [-0.4, -0.2) is 13.1 Å². The zero-order valence-corrected chi connectivity index (χ0v) is 8.42. The Balaban J connectivity index is 2.76. The summed E-state index contributed by atoms with van der Waals surface area (Å²) in [5.74, 6) is 0. The Labute approximate surface area is 83.5 Å². The highest BCUT2D eigenvalue weighted by Gasteiger charge is 1.98. The highest BCUT2D eigenvalue weighted by Crippen LogP contribution is 2.13. The molecule has 0 unspecified atom stereocenters. The molecule has 0 fully saturated rings. The minimum Gasteiger partial charge on any atom is -0.388 e. The fourth-order valence-electron chi connectivity index (χ4n) is 1.30. The second-order valence-electron chi connectivity index (χ2n) is 3.18. The van der Waals surface area contributed by atoms with Gasteiger partial charge in [-0.2, -0.15) is 0 Å². The first kappa shape index (κ1) is 10.4. The van der Waals surface area contributed by atoms with Crippen molar-refractivity contribution in [3.05, 3.63) is 29.3 Å². The number of hydrogen-bond acceptors (Lipinski definition) is 2. The van der Waals surface area contributed by atoms with Crippen molar-refractivity contribution in [1.29, 1.82) is 0 Å². The van der Waals surface area contributed by atoms with Crippen molar-refractivity contribution in [2.45, 2.75) is 13.5 Å². The Bertz CT molecular complexity index is 336. The molecule has 0 aromatic heterocycles. The first-order valence-electron chi connectivity index (χ1n) is 4.43. The van der Waals surface area contributed by atoms with Crippen LogP contribution in [0.2, 0.25) is 0 Å². The van der Waals surface area contributed by atoms with Gasteiger partial charge in [-0.3, -0.25) is 0 Å². The van der Waals surface area contributed by atoms with E-state index in [0.29, 0.717) is 6.54 Å². The zero-order valence-electron chi connectivity index (χ0n) is 8.42. The van der Waals surface area contributed by atoms with Crippen LogP contribution in [0.5, 0.6) is 0 Å². The van der Waals surface area contributed by atoms with Crippen LogP contribution in [-0.2, 0) is 6.54 Å². The van der Waals surface area contributed by atoms with Crippen LogP contribution in [0.15, 0.2) is 18.2 Å². The predicted octanol–water partition coefficient (Wildman–Crippen LogP) is 1.21. The number of carbonyl (C=O) groups is 1. The lowest BCUT2D eigenvalue weighted by molar-refractivity contribution is 0.248. The van der Waals surface area contributed by atoms with Gasteiger partial charge in [0.1, 0.15) is 0 Å². The molecular formula is C10H15N3O. The van der Waals surface area contributed by atoms with Gasteiger partial charge in [0.05, 0.1) is 0 Å². The number of nitrogens with one attached hydrogen (secondary N) is 2. The molecule has 1 aromatic carbocycles. The highest BCUT2D eigenvalue weighted by molar-refractivity contribution is 5.71. The lowest BCUT2D eigenvalue weighted by Crippen LogP contribution is -2.28. The second kappa shape index (κ2) is 4.50. The molecule has 0 saturated heterocycles. The van der Waals surface area contributed by atoms with Gasteiger partial charge in [-0.15, -0.1) is 0 Å². The van der Waals surface area contributed by atoms with Crippen molar-refractivity contribution < 1.29 is 4.79 Å². The van der Waals surface area contributed by atoms with Gasteiger partial charge < -0.3 is 16.4 Å². The summed E-state index contributed by atoms with van der Waals surface area (Å²) < 4.78 is 0. The number of hydrogen-bond donors (Lipinski definition) is 3. The molecule has 76 valence electrons. The van der Waals surface area contributed by atoms with Crippen molar-refractivity contribution in [1.82, 2.24) is 5.32 Å². The van der Waals surface area contributed by atoms with Crippen molar-refractivity contribution in [3.63, 3.8) is 0 Å². The minimum absolute atomic E-state index is 0.464. The van der Waals surface area contributed by atoms with E-state index in [1.165, 1.54) is 0 Å². The average Bonchev–Trinajstić information content (AvgIpc) is 2.14. The third-order valence-corrected chi connectivity index (χ3v) is 1.89. The molecule has 0 saturated carbocycles. The average molecular weight is 193 g/mol. The second-order valence-corrected chi connectivity index (χ2v) is 3.18. The molecule has 0 aliphatic carbocycles. The Morgan fingerprint density at radius 1 is 1.43 bits per heavy atom. The molecule has 0 aliphatic heterocycles. The summed E-state index contributed by atoms with van der Waals surface area (Å²) in [6.45, 7) is 2.47. The third-order valence-electron chi connectivity index (χ3n) is 1.89. The Kier molecular flexibility index (Phi) is 3.34. The molecule has 0 aliphatic rings. The van der Waals surface area contributed by atoms with Crippen molar-refractivity contribution in [2.24, 2.45) is 5.73 Å². The molecule has 4 heteroatoms. The molecule has 0 spiro atoms. The standard InChI is InChI=1S/C10H15N3O/c1-7-3-8(6-13-10(11)14)5-9(4-7)12-2/h3-5,12H,6H2,1-2H3,(H3,11,13,14). The van der Waals surface area contributed by atoms with E-state index in [-0.39, 0.29) is 0 Å². The van der Waals surface area contributed by atoms with Gasteiger partial charge >= 0.3 is 6.03 Å². The van der Waals surface area contributed by atoms with Crippen LogP contribution < -0.4 is 16.4 Å². The molecule has 4 N–H and O–H groups in total. The first-order chi connectivity index (χ1) is 6.61. The summed E-state index contributed by atoms with van der Waals surface area (Å²) in [5, 5.41) is 5.60. The minimum atomic E-state index is -0.502. The van der Waals surface area contributed by atoms with E-state index in [2.05, 4.69) is 10.6 Å². The van der Waals surface area contributed by atoms with E-state index >= 15 is 0 Å². The fourth-order valence-corrected chi connectivity index (χ4v) is 1.30. The number of rotatable bonds is 3. The Hall–Kier alpha value is -1.71. The lowest BCUT2D eigenvalue weighted by atomic mass is 10.1. The van der Waals surface area contributed by atoms with Gasteiger partial charge in [0.15, 0.2) is 0 Å². The molecule has 0 heterocycles. The maximum atomic E-state index is 10.5. The number of carbonyl (C=O) groups excluding carboxylic acids is 1. The molecule has 14 heavy (non-hydrogen) atoms. The predicted molar refractivity (Wildman–Crippen MR) is 57.1 cm³/mol. The number of nitrogens with two attached hydrogens (primary N) is 1. The summed E-state index contributed by atoms with van der Waals surface area (Å²) in [7, 11) is 1.86. The van der Waals surface area contributed by atoms with Crippen LogP contribution in [0.4, 0.5) is 10.5 Å². The molecule has 0 bridgehead atoms. The normalized spacial score (nSPS) is 9.57. The summed E-state index contributed by atoms with van der Waals surface area (Å²) in [6.07, 6.45) is 0. The Morgan fingerprint density at radius 3 is 2.71 bits per heavy atom. The van der Waals surface area contributed by atoms with E-state index in [0.717, 1.165) is 16.8 Å².